The zero-order valence-corrected chi connectivity index (χ0v) is 7.56. The van der Waals surface area contributed by atoms with Crippen LogP contribution in [0.4, 0.5) is 0 Å². The van der Waals surface area contributed by atoms with Crippen molar-refractivity contribution in [3.63, 3.8) is 0 Å². The van der Waals surface area contributed by atoms with E-state index in [0.717, 1.165) is 0 Å². The zero-order chi connectivity index (χ0) is 9.12. The van der Waals surface area contributed by atoms with Crippen molar-refractivity contribution in [2.45, 2.75) is 38.9 Å². The summed E-state index contributed by atoms with van der Waals surface area (Å²) in [4.78, 5) is 0. The van der Waals surface area contributed by atoms with Crippen molar-refractivity contribution >= 4 is 0 Å². The van der Waals surface area contributed by atoms with Gasteiger partial charge in [0.25, 0.3) is 0 Å². The van der Waals surface area contributed by atoms with E-state index in [1.807, 2.05) is 27.7 Å². The summed E-state index contributed by atoms with van der Waals surface area (Å²) >= 11 is 0. The minimum Gasteiger partial charge on any atom is -0.344 e. The van der Waals surface area contributed by atoms with Crippen LogP contribution in [-0.4, -0.2) is 11.2 Å². The van der Waals surface area contributed by atoms with Gasteiger partial charge in [-0.3, -0.25) is 0 Å². The maximum absolute atomic E-state index is 5.45. The number of rotatable bonds is 2. The lowest BCUT2D eigenvalue weighted by molar-refractivity contribution is -0.0568. The van der Waals surface area contributed by atoms with Gasteiger partial charge in [-0.1, -0.05) is 11.8 Å². The standard InChI is InChI=1S/C10H14O/c1-7-9(3,4)11-10(5,6)8-2/h1-2H,3-6H3. The molecule has 0 saturated carbocycles. The van der Waals surface area contributed by atoms with E-state index in [0.29, 0.717) is 0 Å². The fourth-order valence-electron chi connectivity index (χ4n) is 0.697. The van der Waals surface area contributed by atoms with Crippen LogP contribution in [0, 0.1) is 24.7 Å². The second-order valence-electron chi connectivity index (χ2n) is 3.41. The molecule has 0 aliphatic carbocycles. The van der Waals surface area contributed by atoms with E-state index in [4.69, 9.17) is 17.6 Å². The third-order valence-corrected chi connectivity index (χ3v) is 1.21. The summed E-state index contributed by atoms with van der Waals surface area (Å²) in [7, 11) is 0. The van der Waals surface area contributed by atoms with E-state index in [-0.39, 0.29) is 0 Å². The first-order valence-corrected chi connectivity index (χ1v) is 3.49. The number of ether oxygens (including phenoxy) is 1. The van der Waals surface area contributed by atoms with E-state index in [9.17, 15) is 0 Å². The van der Waals surface area contributed by atoms with Crippen LogP contribution in [-0.2, 0) is 4.74 Å². The van der Waals surface area contributed by atoms with Crippen LogP contribution in [0.2, 0.25) is 0 Å². The molecule has 0 N–H and O–H groups in total. The van der Waals surface area contributed by atoms with Crippen molar-refractivity contribution in [2.75, 3.05) is 0 Å². The zero-order valence-electron chi connectivity index (χ0n) is 7.56. The smallest absolute Gasteiger partial charge is 0.124 e. The molecule has 1 heteroatoms. The van der Waals surface area contributed by atoms with E-state index in [2.05, 4.69) is 11.8 Å². The van der Waals surface area contributed by atoms with Gasteiger partial charge in [-0.05, 0) is 27.7 Å². The van der Waals surface area contributed by atoms with Gasteiger partial charge in [-0.2, -0.15) is 0 Å². The first-order chi connectivity index (χ1) is 4.83. The first kappa shape index (κ1) is 10.1. The minimum absolute atomic E-state index is 0.587. The monoisotopic (exact) mass is 150 g/mol. The van der Waals surface area contributed by atoms with E-state index in [1.165, 1.54) is 0 Å². The summed E-state index contributed by atoms with van der Waals surface area (Å²) in [6.07, 6.45) is 10.4. The van der Waals surface area contributed by atoms with Crippen LogP contribution in [0.15, 0.2) is 0 Å². The lowest BCUT2D eigenvalue weighted by Crippen LogP contribution is -2.34. The van der Waals surface area contributed by atoms with Crippen LogP contribution >= 0.6 is 0 Å². The normalized spacial score (nSPS) is 11.8. The molecule has 0 spiro atoms. The molecule has 0 aromatic rings. The summed E-state index contributed by atoms with van der Waals surface area (Å²) < 4.78 is 5.45. The molecule has 0 aromatic carbocycles. The van der Waals surface area contributed by atoms with Crippen LogP contribution in [0.1, 0.15) is 27.7 Å². The van der Waals surface area contributed by atoms with Crippen molar-refractivity contribution in [1.82, 2.24) is 0 Å². The van der Waals surface area contributed by atoms with Gasteiger partial charge in [0.05, 0.1) is 0 Å². The Hall–Kier alpha value is -0.920. The van der Waals surface area contributed by atoms with Gasteiger partial charge in [-0.25, -0.2) is 0 Å². The van der Waals surface area contributed by atoms with Crippen LogP contribution in [0.3, 0.4) is 0 Å². The van der Waals surface area contributed by atoms with Gasteiger partial charge in [0, 0.05) is 0 Å². The predicted octanol–water partition coefficient (Wildman–Crippen LogP) is 1.83. The lowest BCUT2D eigenvalue weighted by Gasteiger charge is -2.28. The molecule has 0 fully saturated rings. The molecule has 0 radical (unpaired) electrons. The number of hydrogen-bond donors (Lipinski definition) is 0. The van der Waals surface area contributed by atoms with Crippen LogP contribution in [0.25, 0.3) is 0 Å². The molecule has 0 aromatic heterocycles. The SMILES string of the molecule is C#CC(C)(C)OC(C)(C)C#C. The van der Waals surface area contributed by atoms with Crippen LogP contribution < -0.4 is 0 Å². The highest BCUT2D eigenvalue weighted by molar-refractivity contribution is 5.09. The molecule has 11 heavy (non-hydrogen) atoms. The highest BCUT2D eigenvalue weighted by Gasteiger charge is 2.25. The number of hydrogen-bond acceptors (Lipinski definition) is 1. The second kappa shape index (κ2) is 2.99. The van der Waals surface area contributed by atoms with E-state index in [1.54, 1.807) is 0 Å². The highest BCUT2D eigenvalue weighted by atomic mass is 16.5. The van der Waals surface area contributed by atoms with Crippen molar-refractivity contribution in [3.05, 3.63) is 0 Å². The van der Waals surface area contributed by atoms with Crippen LogP contribution in [0.5, 0.6) is 0 Å². The van der Waals surface area contributed by atoms with E-state index < -0.39 is 11.2 Å². The van der Waals surface area contributed by atoms with Crippen molar-refractivity contribution < 1.29 is 4.74 Å². The molecular formula is C10H14O. The molecule has 0 bridgehead atoms. The van der Waals surface area contributed by atoms with Crippen molar-refractivity contribution in [2.24, 2.45) is 0 Å². The predicted molar refractivity (Wildman–Crippen MR) is 46.9 cm³/mol. The Morgan fingerprint density at radius 3 is 1.36 bits per heavy atom. The molecular weight excluding hydrogens is 136 g/mol. The molecule has 0 rings (SSSR count). The maximum Gasteiger partial charge on any atom is 0.124 e. The fourth-order valence-corrected chi connectivity index (χ4v) is 0.697. The average Bonchev–Trinajstić information content (AvgIpc) is 1.86. The third-order valence-electron chi connectivity index (χ3n) is 1.21. The summed E-state index contributed by atoms with van der Waals surface area (Å²) in [5.41, 5.74) is -1.17. The van der Waals surface area contributed by atoms with Gasteiger partial charge < -0.3 is 4.74 Å². The largest absolute Gasteiger partial charge is 0.344 e. The molecule has 0 saturated heterocycles. The van der Waals surface area contributed by atoms with E-state index >= 15 is 0 Å². The van der Waals surface area contributed by atoms with Gasteiger partial charge in [-0.15, -0.1) is 12.8 Å². The Morgan fingerprint density at radius 2 is 1.18 bits per heavy atom. The molecule has 0 aliphatic rings. The van der Waals surface area contributed by atoms with Crippen molar-refractivity contribution in [3.8, 4) is 24.7 Å². The Balaban J connectivity index is 4.31. The third kappa shape index (κ3) is 3.71. The molecule has 0 aliphatic heterocycles. The van der Waals surface area contributed by atoms with Gasteiger partial charge in [0.15, 0.2) is 0 Å². The Labute approximate surface area is 69.1 Å². The highest BCUT2D eigenvalue weighted by Crippen LogP contribution is 2.18. The molecule has 0 amide bonds. The molecule has 0 heterocycles. The fraction of sp³-hybridized carbons (Fsp3) is 0.600. The summed E-state index contributed by atoms with van der Waals surface area (Å²) in [6, 6.07) is 0. The Morgan fingerprint density at radius 1 is 0.909 bits per heavy atom. The summed E-state index contributed by atoms with van der Waals surface area (Å²) in [5, 5.41) is 0. The number of terminal acetylenes is 2. The molecule has 0 unspecified atom stereocenters. The average molecular weight is 150 g/mol. The Kier molecular flexibility index (Phi) is 2.74. The lowest BCUT2D eigenvalue weighted by atomic mass is 10.1. The Bertz CT molecular complexity index is 186. The van der Waals surface area contributed by atoms with Gasteiger partial charge >= 0.3 is 0 Å². The van der Waals surface area contributed by atoms with Gasteiger partial charge in [0.2, 0.25) is 0 Å². The maximum atomic E-state index is 5.45. The minimum atomic E-state index is -0.587. The molecule has 0 atom stereocenters. The molecule has 60 valence electrons. The molecule has 1 nitrogen and oxygen atoms in total. The van der Waals surface area contributed by atoms with Gasteiger partial charge in [0.1, 0.15) is 11.2 Å². The first-order valence-electron chi connectivity index (χ1n) is 3.49. The summed E-state index contributed by atoms with van der Waals surface area (Å²) in [5.74, 6) is 5.03. The second-order valence-corrected chi connectivity index (χ2v) is 3.41. The van der Waals surface area contributed by atoms with Crippen molar-refractivity contribution in [1.29, 1.82) is 0 Å². The topological polar surface area (TPSA) is 9.23 Å². The summed E-state index contributed by atoms with van der Waals surface area (Å²) in [6.45, 7) is 7.25. The quantitative estimate of drug-likeness (QED) is 0.546.